The van der Waals surface area contributed by atoms with E-state index >= 15 is 0 Å². The van der Waals surface area contributed by atoms with Crippen molar-refractivity contribution < 1.29 is 14.0 Å². The van der Waals surface area contributed by atoms with Crippen molar-refractivity contribution in [2.45, 2.75) is 6.42 Å². The van der Waals surface area contributed by atoms with Crippen molar-refractivity contribution in [3.05, 3.63) is 64.9 Å². The highest BCUT2D eigenvalue weighted by molar-refractivity contribution is 6.33. The molecule has 0 atom stereocenters. The van der Waals surface area contributed by atoms with Crippen LogP contribution in [0.4, 0.5) is 10.1 Å². The number of hydrogen-bond donors (Lipinski definition) is 1. The zero-order valence-electron chi connectivity index (χ0n) is 14.8. The molecule has 0 aromatic heterocycles. The number of benzene rings is 2. The van der Waals surface area contributed by atoms with Gasteiger partial charge in [0.1, 0.15) is 5.82 Å². The number of piperazine rings is 1. The number of nitrogens with one attached hydrogen (secondary N) is 1. The first-order valence-corrected chi connectivity index (χ1v) is 9.23. The SMILES string of the molecule is O=C(CCN1CCN(C(=O)c2c(F)cccc2Cl)CC1)Nc1ccccc1. The van der Waals surface area contributed by atoms with E-state index in [2.05, 4.69) is 10.2 Å². The molecule has 142 valence electrons. The van der Waals surface area contributed by atoms with Gasteiger partial charge in [0, 0.05) is 44.8 Å². The molecule has 5 nitrogen and oxygen atoms in total. The van der Waals surface area contributed by atoms with Crippen molar-refractivity contribution >= 4 is 29.1 Å². The van der Waals surface area contributed by atoms with Crippen molar-refractivity contribution in [1.82, 2.24) is 9.80 Å². The fourth-order valence-corrected chi connectivity index (χ4v) is 3.28. The quantitative estimate of drug-likeness (QED) is 0.853. The molecule has 0 bridgehead atoms. The van der Waals surface area contributed by atoms with Crippen LogP contribution in [0.25, 0.3) is 0 Å². The highest BCUT2D eigenvalue weighted by Crippen LogP contribution is 2.21. The standard InChI is InChI=1S/C20H21ClFN3O2/c21-16-7-4-8-17(22)19(16)20(27)25-13-11-24(12-14-25)10-9-18(26)23-15-5-2-1-3-6-15/h1-8H,9-14H2,(H,23,26). The van der Waals surface area contributed by atoms with Crippen molar-refractivity contribution in [3.63, 3.8) is 0 Å². The summed E-state index contributed by atoms with van der Waals surface area (Å²) in [6, 6.07) is 13.5. The monoisotopic (exact) mass is 389 g/mol. The summed E-state index contributed by atoms with van der Waals surface area (Å²) in [6.07, 6.45) is 0.377. The molecule has 0 radical (unpaired) electrons. The maximum atomic E-state index is 13.9. The number of hydrogen-bond acceptors (Lipinski definition) is 3. The van der Waals surface area contributed by atoms with Crippen LogP contribution in [0.15, 0.2) is 48.5 Å². The van der Waals surface area contributed by atoms with Crippen molar-refractivity contribution in [2.24, 2.45) is 0 Å². The van der Waals surface area contributed by atoms with Gasteiger partial charge in [-0.2, -0.15) is 0 Å². The Morgan fingerprint density at radius 1 is 1.00 bits per heavy atom. The second-order valence-electron chi connectivity index (χ2n) is 6.39. The second-order valence-corrected chi connectivity index (χ2v) is 6.80. The van der Waals surface area contributed by atoms with Gasteiger partial charge in [0.2, 0.25) is 5.91 Å². The van der Waals surface area contributed by atoms with Crippen LogP contribution in [0.2, 0.25) is 5.02 Å². The van der Waals surface area contributed by atoms with E-state index in [1.807, 2.05) is 30.3 Å². The van der Waals surface area contributed by atoms with Gasteiger partial charge in [-0.05, 0) is 24.3 Å². The molecule has 1 aliphatic heterocycles. The van der Waals surface area contributed by atoms with Crippen LogP contribution in [0, 0.1) is 5.82 Å². The van der Waals surface area contributed by atoms with Gasteiger partial charge in [-0.15, -0.1) is 0 Å². The minimum absolute atomic E-state index is 0.0437. The first-order chi connectivity index (χ1) is 13.0. The molecule has 3 rings (SSSR count). The van der Waals surface area contributed by atoms with Crippen LogP contribution < -0.4 is 5.32 Å². The fourth-order valence-electron chi connectivity index (χ4n) is 3.04. The third-order valence-electron chi connectivity index (χ3n) is 4.55. The first kappa shape index (κ1) is 19.3. The lowest BCUT2D eigenvalue weighted by Crippen LogP contribution is -2.49. The Kier molecular flexibility index (Phi) is 6.42. The molecular formula is C20H21ClFN3O2. The molecule has 7 heteroatoms. The topological polar surface area (TPSA) is 52.7 Å². The van der Waals surface area contributed by atoms with Gasteiger partial charge < -0.3 is 10.2 Å². The Labute approximate surface area is 162 Å². The maximum Gasteiger partial charge on any atom is 0.258 e. The van der Waals surface area contributed by atoms with E-state index < -0.39 is 5.82 Å². The average Bonchev–Trinajstić information content (AvgIpc) is 2.67. The number of carbonyl (C=O) groups is 2. The maximum absolute atomic E-state index is 13.9. The molecule has 1 saturated heterocycles. The van der Waals surface area contributed by atoms with Crippen LogP contribution in [0.5, 0.6) is 0 Å². The molecule has 1 heterocycles. The van der Waals surface area contributed by atoms with E-state index in [9.17, 15) is 14.0 Å². The summed E-state index contributed by atoms with van der Waals surface area (Å²) in [4.78, 5) is 28.3. The third kappa shape index (κ3) is 5.05. The van der Waals surface area contributed by atoms with Crippen LogP contribution in [0.3, 0.4) is 0 Å². The van der Waals surface area contributed by atoms with E-state index in [0.29, 0.717) is 39.1 Å². The second kappa shape index (κ2) is 8.97. The molecule has 1 N–H and O–H groups in total. The molecule has 2 aromatic rings. The van der Waals surface area contributed by atoms with Crippen LogP contribution in [-0.2, 0) is 4.79 Å². The number of rotatable bonds is 5. The number of para-hydroxylation sites is 1. The lowest BCUT2D eigenvalue weighted by molar-refractivity contribution is -0.116. The van der Waals surface area contributed by atoms with Gasteiger partial charge in [-0.1, -0.05) is 35.9 Å². The lowest BCUT2D eigenvalue weighted by atomic mass is 10.1. The summed E-state index contributed by atoms with van der Waals surface area (Å²) in [7, 11) is 0. The summed E-state index contributed by atoms with van der Waals surface area (Å²) in [5, 5.41) is 2.98. The minimum atomic E-state index is -0.604. The molecule has 0 saturated carbocycles. The smallest absolute Gasteiger partial charge is 0.258 e. The Bertz CT molecular complexity index is 788. The lowest BCUT2D eigenvalue weighted by Gasteiger charge is -2.34. The number of amides is 2. The minimum Gasteiger partial charge on any atom is -0.336 e. The van der Waals surface area contributed by atoms with Crippen LogP contribution in [-0.4, -0.2) is 54.3 Å². The predicted octanol–water partition coefficient (Wildman–Crippen LogP) is 3.27. The van der Waals surface area contributed by atoms with Crippen LogP contribution >= 0.6 is 11.6 Å². The van der Waals surface area contributed by atoms with Gasteiger partial charge in [-0.3, -0.25) is 14.5 Å². The van der Waals surface area contributed by atoms with Gasteiger partial charge in [0.25, 0.3) is 5.91 Å². The molecule has 0 unspecified atom stereocenters. The zero-order valence-corrected chi connectivity index (χ0v) is 15.6. The molecule has 1 aliphatic rings. The van der Waals surface area contributed by atoms with E-state index in [0.717, 1.165) is 5.69 Å². The Morgan fingerprint density at radius 3 is 2.37 bits per heavy atom. The average molecular weight is 390 g/mol. The predicted molar refractivity (Wildman–Crippen MR) is 103 cm³/mol. The summed E-state index contributed by atoms with van der Waals surface area (Å²) in [5.74, 6) is -1.04. The Balaban J connectivity index is 1.46. The molecule has 2 amide bonds. The molecule has 2 aromatic carbocycles. The largest absolute Gasteiger partial charge is 0.336 e. The van der Waals surface area contributed by atoms with Gasteiger partial charge in [-0.25, -0.2) is 4.39 Å². The molecular weight excluding hydrogens is 369 g/mol. The van der Waals surface area contributed by atoms with Crippen molar-refractivity contribution in [3.8, 4) is 0 Å². The van der Waals surface area contributed by atoms with Gasteiger partial charge in [0.05, 0.1) is 10.6 Å². The van der Waals surface area contributed by atoms with E-state index in [1.165, 1.54) is 18.2 Å². The number of carbonyl (C=O) groups excluding carboxylic acids is 2. The van der Waals surface area contributed by atoms with Crippen molar-refractivity contribution in [1.29, 1.82) is 0 Å². The molecule has 0 spiro atoms. The summed E-state index contributed by atoms with van der Waals surface area (Å²) in [6.45, 7) is 2.83. The van der Waals surface area contributed by atoms with Crippen LogP contribution in [0.1, 0.15) is 16.8 Å². The Morgan fingerprint density at radius 2 is 1.70 bits per heavy atom. The Hall–Kier alpha value is -2.44. The highest BCUT2D eigenvalue weighted by atomic mass is 35.5. The molecule has 1 fully saturated rings. The normalized spacial score (nSPS) is 14.8. The number of nitrogens with zero attached hydrogens (tertiary/aromatic N) is 2. The molecule has 27 heavy (non-hydrogen) atoms. The third-order valence-corrected chi connectivity index (χ3v) is 4.86. The summed E-state index contributed by atoms with van der Waals surface area (Å²) >= 11 is 5.98. The summed E-state index contributed by atoms with van der Waals surface area (Å²) < 4.78 is 13.9. The fraction of sp³-hybridized carbons (Fsp3) is 0.300. The van der Waals surface area contributed by atoms with E-state index in [-0.39, 0.29) is 22.4 Å². The molecule has 0 aliphatic carbocycles. The zero-order chi connectivity index (χ0) is 19.2. The first-order valence-electron chi connectivity index (χ1n) is 8.85. The number of anilines is 1. The van der Waals surface area contributed by atoms with Crippen molar-refractivity contribution in [2.75, 3.05) is 38.0 Å². The number of halogens is 2. The highest BCUT2D eigenvalue weighted by Gasteiger charge is 2.25. The summed E-state index contributed by atoms with van der Waals surface area (Å²) in [5.41, 5.74) is 0.703. The van der Waals surface area contributed by atoms with E-state index in [4.69, 9.17) is 11.6 Å². The van der Waals surface area contributed by atoms with E-state index in [1.54, 1.807) is 4.90 Å². The van der Waals surface area contributed by atoms with Gasteiger partial charge >= 0.3 is 0 Å². The van der Waals surface area contributed by atoms with Gasteiger partial charge in [0.15, 0.2) is 0 Å².